The van der Waals surface area contributed by atoms with Crippen LogP contribution in [0.5, 0.6) is 0 Å². The van der Waals surface area contributed by atoms with Crippen molar-refractivity contribution in [2.45, 2.75) is 19.8 Å². The molecule has 1 aliphatic rings. The molecule has 2 rings (SSSR count). The van der Waals surface area contributed by atoms with Gasteiger partial charge in [-0.15, -0.1) is 10.2 Å². The Morgan fingerprint density at radius 1 is 1.55 bits per heavy atom. The van der Waals surface area contributed by atoms with E-state index in [1.165, 1.54) is 0 Å². The lowest BCUT2D eigenvalue weighted by molar-refractivity contribution is 0.0932. The normalized spacial score (nSPS) is 16.8. The van der Waals surface area contributed by atoms with Gasteiger partial charge in [0.1, 0.15) is 0 Å². The number of carbonyl (C=O) groups is 1. The number of aryl methyl sites for hydroxylation is 1. The number of Topliss-reactive ketones (excluding diaryl/α,β-unsaturated/α-hetero) is 1. The lowest BCUT2D eigenvalue weighted by Gasteiger charge is -1.86. The second-order valence-corrected chi connectivity index (χ2v) is 2.76. The molecule has 0 aromatic carbocycles. The van der Waals surface area contributed by atoms with Gasteiger partial charge < -0.3 is 4.42 Å². The maximum Gasteiger partial charge on any atom is 0.284 e. The summed E-state index contributed by atoms with van der Waals surface area (Å²) in [6, 6.07) is 0. The highest BCUT2D eigenvalue weighted by Gasteiger charge is 2.33. The Morgan fingerprint density at radius 3 is 2.73 bits per heavy atom. The van der Waals surface area contributed by atoms with E-state index in [9.17, 15) is 4.79 Å². The lowest BCUT2D eigenvalue weighted by Crippen LogP contribution is -2.01. The zero-order valence-electron chi connectivity index (χ0n) is 6.20. The highest BCUT2D eigenvalue weighted by atomic mass is 16.4. The summed E-state index contributed by atoms with van der Waals surface area (Å²) in [6.07, 6.45) is 1.94. The first-order valence-corrected chi connectivity index (χ1v) is 3.61. The number of aromatic nitrogens is 2. The van der Waals surface area contributed by atoms with Crippen LogP contribution in [0.1, 0.15) is 29.4 Å². The molecule has 4 nitrogen and oxygen atoms in total. The molecule has 1 aromatic heterocycles. The van der Waals surface area contributed by atoms with Crippen molar-refractivity contribution in [1.29, 1.82) is 0 Å². The topological polar surface area (TPSA) is 56.0 Å². The second kappa shape index (κ2) is 2.15. The van der Waals surface area contributed by atoms with Gasteiger partial charge in [0.25, 0.3) is 5.89 Å². The zero-order chi connectivity index (χ0) is 7.84. The van der Waals surface area contributed by atoms with E-state index in [1.807, 2.05) is 0 Å². The van der Waals surface area contributed by atoms with Crippen LogP contribution in [-0.4, -0.2) is 16.0 Å². The Kier molecular flexibility index (Phi) is 1.27. The van der Waals surface area contributed by atoms with E-state index in [0.717, 1.165) is 12.8 Å². The molecule has 0 radical (unpaired) electrons. The third-order valence-corrected chi connectivity index (χ3v) is 1.68. The Labute approximate surface area is 63.6 Å². The van der Waals surface area contributed by atoms with Gasteiger partial charge in [-0.2, -0.15) is 0 Å². The van der Waals surface area contributed by atoms with Crippen LogP contribution < -0.4 is 0 Å². The summed E-state index contributed by atoms with van der Waals surface area (Å²) in [5.74, 6) is 0.791. The third-order valence-electron chi connectivity index (χ3n) is 1.68. The van der Waals surface area contributed by atoms with Crippen molar-refractivity contribution >= 4 is 5.78 Å². The number of carbonyl (C=O) groups excluding carboxylic acids is 1. The van der Waals surface area contributed by atoms with Gasteiger partial charge in [0, 0.05) is 12.8 Å². The van der Waals surface area contributed by atoms with Gasteiger partial charge in [0.2, 0.25) is 11.7 Å². The van der Waals surface area contributed by atoms with Crippen molar-refractivity contribution in [2.75, 3.05) is 0 Å². The monoisotopic (exact) mass is 152 g/mol. The molecule has 0 unspecified atom stereocenters. The second-order valence-electron chi connectivity index (χ2n) is 2.76. The van der Waals surface area contributed by atoms with Crippen LogP contribution in [-0.2, 0) is 0 Å². The molecule has 0 spiro atoms. The smallest absolute Gasteiger partial charge is 0.284 e. The molecule has 1 fully saturated rings. The van der Waals surface area contributed by atoms with E-state index < -0.39 is 0 Å². The lowest BCUT2D eigenvalue weighted by atomic mass is 10.3. The standard InChI is InChI=1S/C7H8N2O2/c1-4-8-9-7(11-4)6(10)5-2-3-5/h5H,2-3H2,1H3. The Morgan fingerprint density at radius 2 is 2.27 bits per heavy atom. The predicted molar refractivity (Wildman–Crippen MR) is 36.1 cm³/mol. The van der Waals surface area contributed by atoms with Crippen LogP contribution in [0.2, 0.25) is 0 Å². The van der Waals surface area contributed by atoms with E-state index in [2.05, 4.69) is 10.2 Å². The first-order valence-electron chi connectivity index (χ1n) is 3.61. The van der Waals surface area contributed by atoms with Gasteiger partial charge in [-0.25, -0.2) is 0 Å². The van der Waals surface area contributed by atoms with Crippen LogP contribution in [0.4, 0.5) is 0 Å². The number of hydrogen-bond acceptors (Lipinski definition) is 4. The third kappa shape index (κ3) is 1.15. The molecular formula is C7H8N2O2. The van der Waals surface area contributed by atoms with E-state index in [0.29, 0.717) is 5.89 Å². The van der Waals surface area contributed by atoms with Crippen molar-refractivity contribution in [3.05, 3.63) is 11.8 Å². The van der Waals surface area contributed by atoms with Crippen LogP contribution in [0.25, 0.3) is 0 Å². The van der Waals surface area contributed by atoms with Crippen LogP contribution in [0.15, 0.2) is 4.42 Å². The number of ketones is 1. The van der Waals surface area contributed by atoms with Crippen molar-refractivity contribution in [1.82, 2.24) is 10.2 Å². The average Bonchev–Trinajstić information content (AvgIpc) is 2.74. The molecule has 0 bridgehead atoms. The first kappa shape index (κ1) is 6.52. The molecule has 4 heteroatoms. The summed E-state index contributed by atoms with van der Waals surface area (Å²) in [5.41, 5.74) is 0. The Balaban J connectivity index is 2.21. The fraction of sp³-hybridized carbons (Fsp3) is 0.571. The zero-order valence-corrected chi connectivity index (χ0v) is 6.20. The molecule has 58 valence electrons. The fourth-order valence-corrected chi connectivity index (χ4v) is 0.916. The van der Waals surface area contributed by atoms with Crippen molar-refractivity contribution < 1.29 is 9.21 Å². The van der Waals surface area contributed by atoms with Gasteiger partial charge in [-0.1, -0.05) is 0 Å². The molecule has 0 saturated heterocycles. The van der Waals surface area contributed by atoms with E-state index in [1.54, 1.807) is 6.92 Å². The molecule has 0 aliphatic heterocycles. The molecule has 1 saturated carbocycles. The molecule has 0 amide bonds. The number of rotatable bonds is 2. The molecule has 1 aromatic rings. The van der Waals surface area contributed by atoms with Crippen molar-refractivity contribution in [2.24, 2.45) is 5.92 Å². The van der Waals surface area contributed by atoms with Crippen molar-refractivity contribution in [3.63, 3.8) is 0 Å². The van der Waals surface area contributed by atoms with E-state index >= 15 is 0 Å². The Hall–Kier alpha value is -1.19. The average molecular weight is 152 g/mol. The van der Waals surface area contributed by atoms with Gasteiger partial charge in [-0.05, 0) is 12.8 Å². The first-order chi connectivity index (χ1) is 5.27. The summed E-state index contributed by atoms with van der Waals surface area (Å²) >= 11 is 0. The molecule has 1 aliphatic carbocycles. The minimum Gasteiger partial charge on any atom is -0.419 e. The highest BCUT2D eigenvalue weighted by Crippen LogP contribution is 2.31. The summed E-state index contributed by atoms with van der Waals surface area (Å²) in [4.78, 5) is 11.2. The maximum absolute atomic E-state index is 11.2. The maximum atomic E-state index is 11.2. The van der Waals surface area contributed by atoms with E-state index in [-0.39, 0.29) is 17.6 Å². The summed E-state index contributed by atoms with van der Waals surface area (Å²) in [6.45, 7) is 1.68. The molecule has 11 heavy (non-hydrogen) atoms. The minimum absolute atomic E-state index is 0.00519. The van der Waals surface area contributed by atoms with Crippen LogP contribution in [0.3, 0.4) is 0 Å². The van der Waals surface area contributed by atoms with Crippen LogP contribution in [0, 0.1) is 12.8 Å². The number of nitrogens with zero attached hydrogens (tertiary/aromatic N) is 2. The summed E-state index contributed by atoms with van der Waals surface area (Å²) in [7, 11) is 0. The highest BCUT2D eigenvalue weighted by molar-refractivity contribution is 5.95. The van der Waals surface area contributed by atoms with Gasteiger partial charge in [-0.3, -0.25) is 4.79 Å². The van der Waals surface area contributed by atoms with Crippen molar-refractivity contribution in [3.8, 4) is 0 Å². The largest absolute Gasteiger partial charge is 0.419 e. The molecular weight excluding hydrogens is 144 g/mol. The van der Waals surface area contributed by atoms with Gasteiger partial charge in [0.05, 0.1) is 0 Å². The van der Waals surface area contributed by atoms with Gasteiger partial charge >= 0.3 is 0 Å². The predicted octanol–water partition coefficient (Wildman–Crippen LogP) is 0.971. The number of hydrogen-bond donors (Lipinski definition) is 0. The SMILES string of the molecule is Cc1nnc(C(=O)C2CC2)o1. The fourth-order valence-electron chi connectivity index (χ4n) is 0.916. The van der Waals surface area contributed by atoms with Gasteiger partial charge in [0.15, 0.2) is 0 Å². The minimum atomic E-state index is 0.00519. The molecule has 1 heterocycles. The quantitative estimate of drug-likeness (QED) is 0.592. The molecule has 0 N–H and O–H groups in total. The summed E-state index contributed by atoms with van der Waals surface area (Å²) in [5, 5.41) is 7.22. The van der Waals surface area contributed by atoms with E-state index in [4.69, 9.17) is 4.42 Å². The Bertz CT molecular complexity index is 288. The summed E-state index contributed by atoms with van der Waals surface area (Å²) < 4.78 is 4.97. The van der Waals surface area contributed by atoms with Crippen LogP contribution >= 0.6 is 0 Å². The molecule has 0 atom stereocenters.